The van der Waals surface area contributed by atoms with Crippen molar-refractivity contribution in [3.8, 4) is 45.3 Å². The van der Waals surface area contributed by atoms with Crippen molar-refractivity contribution in [2.75, 3.05) is 0 Å². The highest BCUT2D eigenvalue weighted by Crippen LogP contribution is 2.38. The molecule has 218 valence electrons. The van der Waals surface area contributed by atoms with Gasteiger partial charge in [-0.3, -0.25) is 0 Å². The summed E-state index contributed by atoms with van der Waals surface area (Å²) >= 11 is 0. The minimum atomic E-state index is 0.597. The molecule has 0 radical (unpaired) electrons. The molecule has 0 saturated heterocycles. The van der Waals surface area contributed by atoms with Crippen LogP contribution in [0.2, 0.25) is 0 Å². The highest BCUT2D eigenvalue weighted by molar-refractivity contribution is 6.12. The highest BCUT2D eigenvalue weighted by Gasteiger charge is 2.18. The van der Waals surface area contributed by atoms with Crippen LogP contribution in [0.25, 0.3) is 73.3 Å². The maximum atomic E-state index is 6.35. The van der Waals surface area contributed by atoms with Gasteiger partial charge in [-0.1, -0.05) is 134 Å². The van der Waals surface area contributed by atoms with E-state index in [1.165, 1.54) is 5.56 Å². The van der Waals surface area contributed by atoms with E-state index in [2.05, 4.69) is 85.5 Å². The Morgan fingerprint density at radius 3 is 2.11 bits per heavy atom. The molecule has 1 aliphatic carbocycles. The van der Waals surface area contributed by atoms with E-state index in [9.17, 15) is 0 Å². The highest BCUT2D eigenvalue weighted by atomic mass is 16.3. The fourth-order valence-electron chi connectivity index (χ4n) is 5.95. The topological polar surface area (TPSA) is 51.8 Å². The number of allylic oxidation sites excluding steroid dienone is 6. The smallest absolute Gasteiger partial charge is 0.164 e. The third-order valence-corrected chi connectivity index (χ3v) is 8.29. The zero-order chi connectivity index (χ0) is 30.9. The lowest BCUT2D eigenvalue weighted by atomic mass is 9.98. The first-order chi connectivity index (χ1) is 22.7. The summed E-state index contributed by atoms with van der Waals surface area (Å²) in [6.45, 7) is 4.15. The van der Waals surface area contributed by atoms with Crippen LogP contribution >= 0.6 is 0 Å². The van der Waals surface area contributed by atoms with Gasteiger partial charge in [-0.15, -0.1) is 0 Å². The molecule has 0 amide bonds. The largest absolute Gasteiger partial charge is 0.456 e. The fourth-order valence-corrected chi connectivity index (χ4v) is 5.95. The van der Waals surface area contributed by atoms with Crippen LogP contribution < -0.4 is 0 Å². The summed E-state index contributed by atoms with van der Waals surface area (Å²) in [6, 6.07) is 39.3. The predicted octanol–water partition coefficient (Wildman–Crippen LogP) is 10.7. The molecule has 4 nitrogen and oxygen atoms in total. The molecule has 2 aromatic heterocycles. The molecule has 0 N–H and O–H groups in total. The summed E-state index contributed by atoms with van der Waals surface area (Å²) < 4.78 is 6.35. The van der Waals surface area contributed by atoms with Crippen molar-refractivity contribution in [1.29, 1.82) is 0 Å². The first kappa shape index (κ1) is 27.4. The number of aromatic nitrogens is 3. The summed E-state index contributed by atoms with van der Waals surface area (Å²) in [6.07, 6.45) is 13.2. The van der Waals surface area contributed by atoms with Gasteiger partial charge in [0.15, 0.2) is 17.5 Å². The molecule has 0 unspecified atom stereocenters. The zero-order valence-corrected chi connectivity index (χ0v) is 25.1. The molecule has 1 aliphatic rings. The number of rotatable bonds is 4. The second kappa shape index (κ2) is 11.8. The molecule has 2 heterocycles. The Kier molecular flexibility index (Phi) is 7.01. The Morgan fingerprint density at radius 1 is 0.543 bits per heavy atom. The second-order valence-electron chi connectivity index (χ2n) is 11.3. The Hall–Kier alpha value is -6.13. The first-order valence-corrected chi connectivity index (χ1v) is 15.4. The Labute approximate surface area is 267 Å². The minimum absolute atomic E-state index is 0.597. The second-order valence-corrected chi connectivity index (χ2v) is 11.3. The van der Waals surface area contributed by atoms with Gasteiger partial charge in [0.2, 0.25) is 0 Å². The number of furan rings is 1. The van der Waals surface area contributed by atoms with Gasteiger partial charge >= 0.3 is 0 Å². The lowest BCUT2D eigenvalue weighted by molar-refractivity contribution is 0.669. The first-order valence-electron chi connectivity index (χ1n) is 15.4. The van der Waals surface area contributed by atoms with Crippen LogP contribution in [0.1, 0.15) is 11.1 Å². The number of hydrogen-bond acceptors (Lipinski definition) is 4. The normalized spacial score (nSPS) is 15.0. The SMILES string of the molecule is C=C1/C=C\C=C/Cc2ccc(-c3nc(-c4ccccc4)nc(-c4cccc5oc6ccc(-c7ccccc7)cc6c45)n3)cc2/C=C\1. The van der Waals surface area contributed by atoms with Gasteiger partial charge in [0, 0.05) is 27.5 Å². The standard InChI is InChI=1S/C42H29N3O/c1-28-12-5-2-6-15-30-22-23-34(26-32(30)21-20-28)41-43-40(31-16-9-4-10-17-31)44-42(45-41)35-18-11-19-38-39(35)36-27-33(24-25-37(36)46-38)29-13-7-3-8-14-29/h2-14,16-27H,1,15H2/b6-2-,12-5-,21-20-. The van der Waals surface area contributed by atoms with Crippen LogP contribution in [0, 0.1) is 0 Å². The molecule has 0 bridgehead atoms. The average molecular weight is 592 g/mol. The van der Waals surface area contributed by atoms with E-state index in [0.29, 0.717) is 17.5 Å². The van der Waals surface area contributed by atoms with E-state index in [1.807, 2.05) is 72.8 Å². The summed E-state index contributed by atoms with van der Waals surface area (Å²) in [5.74, 6) is 1.83. The number of nitrogens with zero attached hydrogens (tertiary/aromatic N) is 3. The van der Waals surface area contributed by atoms with E-state index >= 15 is 0 Å². The van der Waals surface area contributed by atoms with Gasteiger partial charge in [-0.05, 0) is 58.5 Å². The number of fused-ring (bicyclic) bond motifs is 4. The van der Waals surface area contributed by atoms with Gasteiger partial charge in [0.05, 0.1) is 0 Å². The van der Waals surface area contributed by atoms with Crippen LogP contribution in [-0.2, 0) is 6.42 Å². The molecule has 8 rings (SSSR count). The molecule has 4 heteroatoms. The summed E-state index contributed by atoms with van der Waals surface area (Å²) in [5.41, 5.74) is 9.91. The van der Waals surface area contributed by atoms with E-state index in [0.717, 1.165) is 67.3 Å². The number of hydrogen-bond donors (Lipinski definition) is 0. The van der Waals surface area contributed by atoms with Crippen molar-refractivity contribution in [3.63, 3.8) is 0 Å². The van der Waals surface area contributed by atoms with Gasteiger partial charge < -0.3 is 4.42 Å². The van der Waals surface area contributed by atoms with Crippen molar-refractivity contribution in [2.45, 2.75) is 6.42 Å². The maximum absolute atomic E-state index is 6.35. The van der Waals surface area contributed by atoms with Crippen molar-refractivity contribution in [1.82, 2.24) is 15.0 Å². The van der Waals surface area contributed by atoms with Crippen molar-refractivity contribution < 1.29 is 4.42 Å². The Balaban J connectivity index is 1.33. The quantitative estimate of drug-likeness (QED) is 0.204. The lowest BCUT2D eigenvalue weighted by Gasteiger charge is -2.11. The van der Waals surface area contributed by atoms with E-state index in [-0.39, 0.29) is 0 Å². The van der Waals surface area contributed by atoms with E-state index in [1.54, 1.807) is 0 Å². The molecule has 0 saturated carbocycles. The summed E-state index contributed by atoms with van der Waals surface area (Å²) in [5, 5.41) is 2.01. The molecule has 0 aliphatic heterocycles. The van der Waals surface area contributed by atoms with Crippen LogP contribution in [0.15, 0.2) is 162 Å². The third-order valence-electron chi connectivity index (χ3n) is 8.29. The summed E-state index contributed by atoms with van der Waals surface area (Å²) in [7, 11) is 0. The minimum Gasteiger partial charge on any atom is -0.456 e. The molecule has 0 fully saturated rings. The fraction of sp³-hybridized carbons (Fsp3) is 0.0238. The van der Waals surface area contributed by atoms with Crippen molar-refractivity contribution in [2.24, 2.45) is 0 Å². The lowest BCUT2D eigenvalue weighted by Crippen LogP contribution is -2.01. The van der Waals surface area contributed by atoms with Crippen LogP contribution in [0.3, 0.4) is 0 Å². The average Bonchev–Trinajstić information content (AvgIpc) is 3.50. The summed E-state index contributed by atoms with van der Waals surface area (Å²) in [4.78, 5) is 15.2. The maximum Gasteiger partial charge on any atom is 0.164 e. The molecular formula is C42H29N3O. The molecule has 0 spiro atoms. The van der Waals surface area contributed by atoms with Gasteiger partial charge in [0.1, 0.15) is 11.2 Å². The van der Waals surface area contributed by atoms with Crippen LogP contribution in [0.4, 0.5) is 0 Å². The number of benzene rings is 5. The Morgan fingerprint density at radius 2 is 1.28 bits per heavy atom. The molecule has 7 aromatic rings. The monoisotopic (exact) mass is 591 g/mol. The predicted molar refractivity (Wildman–Crippen MR) is 189 cm³/mol. The van der Waals surface area contributed by atoms with E-state index in [4.69, 9.17) is 19.4 Å². The van der Waals surface area contributed by atoms with Crippen molar-refractivity contribution in [3.05, 3.63) is 169 Å². The Bertz CT molecular complexity index is 2340. The van der Waals surface area contributed by atoms with Gasteiger partial charge in [0.25, 0.3) is 0 Å². The van der Waals surface area contributed by atoms with E-state index < -0.39 is 0 Å². The zero-order valence-electron chi connectivity index (χ0n) is 25.1. The third kappa shape index (κ3) is 5.27. The van der Waals surface area contributed by atoms with Crippen LogP contribution in [-0.4, -0.2) is 15.0 Å². The molecule has 5 aromatic carbocycles. The van der Waals surface area contributed by atoms with Gasteiger partial charge in [-0.2, -0.15) is 0 Å². The van der Waals surface area contributed by atoms with Crippen molar-refractivity contribution >= 4 is 28.0 Å². The van der Waals surface area contributed by atoms with Gasteiger partial charge in [-0.25, -0.2) is 15.0 Å². The molecule has 46 heavy (non-hydrogen) atoms. The van der Waals surface area contributed by atoms with Crippen LogP contribution in [0.5, 0.6) is 0 Å². The molecule has 0 atom stereocenters. The molecular weight excluding hydrogens is 562 g/mol.